The number of carbonyl (C=O) groups is 1. The second-order valence-electron chi connectivity index (χ2n) is 5.65. The SMILES string of the molecule is CCN(CC)c1ccc(NC(=O)C(C)n2cc([N+](=O)[O-])c(OC)n2)cc1. The van der Waals surface area contributed by atoms with Crippen LogP contribution in [0.5, 0.6) is 5.88 Å². The van der Waals surface area contributed by atoms with Crippen molar-refractivity contribution in [2.45, 2.75) is 26.8 Å². The van der Waals surface area contributed by atoms with E-state index in [4.69, 9.17) is 4.74 Å². The quantitative estimate of drug-likeness (QED) is 0.573. The summed E-state index contributed by atoms with van der Waals surface area (Å²) in [4.78, 5) is 25.0. The molecule has 0 bridgehead atoms. The molecule has 1 amide bonds. The fraction of sp³-hybridized carbons (Fsp3) is 0.412. The highest BCUT2D eigenvalue weighted by atomic mass is 16.6. The van der Waals surface area contributed by atoms with Gasteiger partial charge in [0.1, 0.15) is 12.2 Å². The smallest absolute Gasteiger partial charge is 0.350 e. The Morgan fingerprint density at radius 1 is 1.35 bits per heavy atom. The number of rotatable bonds is 8. The van der Waals surface area contributed by atoms with Crippen molar-refractivity contribution in [3.63, 3.8) is 0 Å². The van der Waals surface area contributed by atoms with Crippen molar-refractivity contribution in [1.29, 1.82) is 0 Å². The molecule has 0 saturated carbocycles. The summed E-state index contributed by atoms with van der Waals surface area (Å²) >= 11 is 0. The van der Waals surface area contributed by atoms with Gasteiger partial charge in [0.25, 0.3) is 0 Å². The van der Waals surface area contributed by atoms with Crippen molar-refractivity contribution in [3.05, 3.63) is 40.6 Å². The number of amides is 1. The molecule has 9 heteroatoms. The van der Waals surface area contributed by atoms with Crippen LogP contribution in [0.3, 0.4) is 0 Å². The summed E-state index contributed by atoms with van der Waals surface area (Å²) in [6.45, 7) is 7.57. The monoisotopic (exact) mass is 361 g/mol. The van der Waals surface area contributed by atoms with Crippen LogP contribution < -0.4 is 15.0 Å². The maximum Gasteiger partial charge on any atom is 0.350 e. The maximum absolute atomic E-state index is 12.4. The zero-order chi connectivity index (χ0) is 19.3. The number of methoxy groups -OCH3 is 1. The first-order chi connectivity index (χ1) is 12.4. The number of benzene rings is 1. The molecular formula is C17H23N5O4. The van der Waals surface area contributed by atoms with E-state index in [1.165, 1.54) is 18.0 Å². The van der Waals surface area contributed by atoms with Gasteiger partial charge in [0.05, 0.1) is 12.0 Å². The molecule has 1 aromatic carbocycles. The molecule has 26 heavy (non-hydrogen) atoms. The van der Waals surface area contributed by atoms with Gasteiger partial charge in [-0.3, -0.25) is 14.9 Å². The van der Waals surface area contributed by atoms with E-state index in [9.17, 15) is 14.9 Å². The fourth-order valence-corrected chi connectivity index (χ4v) is 2.55. The van der Waals surface area contributed by atoms with E-state index < -0.39 is 11.0 Å². The zero-order valence-electron chi connectivity index (χ0n) is 15.3. The molecule has 0 spiro atoms. The summed E-state index contributed by atoms with van der Waals surface area (Å²) in [7, 11) is 1.29. The van der Waals surface area contributed by atoms with Crippen LogP contribution >= 0.6 is 0 Å². The van der Waals surface area contributed by atoms with Crippen molar-refractivity contribution in [3.8, 4) is 5.88 Å². The normalized spacial score (nSPS) is 11.7. The molecule has 1 unspecified atom stereocenters. The molecular weight excluding hydrogens is 338 g/mol. The molecule has 1 aromatic heterocycles. The third-order valence-electron chi connectivity index (χ3n) is 4.11. The second kappa shape index (κ2) is 8.32. The van der Waals surface area contributed by atoms with E-state index in [0.717, 1.165) is 18.8 Å². The Morgan fingerprint density at radius 3 is 2.42 bits per heavy atom. The molecule has 0 aliphatic heterocycles. The molecule has 1 heterocycles. The van der Waals surface area contributed by atoms with Gasteiger partial charge in [-0.15, -0.1) is 5.10 Å². The van der Waals surface area contributed by atoms with Crippen molar-refractivity contribution in [2.75, 3.05) is 30.4 Å². The van der Waals surface area contributed by atoms with Gasteiger partial charge >= 0.3 is 11.6 Å². The number of carbonyl (C=O) groups excluding carboxylic acids is 1. The van der Waals surface area contributed by atoms with Crippen molar-refractivity contribution >= 4 is 23.0 Å². The standard InChI is InChI=1S/C17H23N5O4/c1-5-20(6-2)14-9-7-13(8-10-14)18-16(23)12(3)21-11-15(22(24)25)17(19-21)26-4/h7-12H,5-6H2,1-4H3,(H,18,23). The molecule has 0 fully saturated rings. The summed E-state index contributed by atoms with van der Waals surface area (Å²) in [5, 5.41) is 17.7. The number of hydrogen-bond donors (Lipinski definition) is 1. The van der Waals surface area contributed by atoms with Crippen LogP contribution in [-0.4, -0.2) is 40.8 Å². The number of aromatic nitrogens is 2. The Balaban J connectivity index is 2.11. The zero-order valence-corrected chi connectivity index (χ0v) is 15.3. The van der Waals surface area contributed by atoms with Gasteiger partial charge in [-0.1, -0.05) is 0 Å². The number of nitro groups is 1. The Bertz CT molecular complexity index is 768. The Morgan fingerprint density at radius 2 is 1.96 bits per heavy atom. The van der Waals surface area contributed by atoms with E-state index in [1.54, 1.807) is 6.92 Å². The van der Waals surface area contributed by atoms with Gasteiger partial charge in [-0.25, -0.2) is 4.68 Å². The summed E-state index contributed by atoms with van der Waals surface area (Å²) in [6.07, 6.45) is 1.19. The number of hydrogen-bond acceptors (Lipinski definition) is 6. The maximum atomic E-state index is 12.4. The molecule has 140 valence electrons. The molecule has 2 aromatic rings. The minimum Gasteiger partial charge on any atom is -0.475 e. The Hall–Kier alpha value is -3.10. The van der Waals surface area contributed by atoms with E-state index in [0.29, 0.717) is 5.69 Å². The topological polar surface area (TPSA) is 103 Å². The lowest BCUT2D eigenvalue weighted by Gasteiger charge is -2.21. The number of nitrogens with one attached hydrogen (secondary N) is 1. The fourth-order valence-electron chi connectivity index (χ4n) is 2.55. The van der Waals surface area contributed by atoms with E-state index in [-0.39, 0.29) is 17.5 Å². The molecule has 0 saturated heterocycles. The molecule has 0 aliphatic carbocycles. The van der Waals surface area contributed by atoms with E-state index >= 15 is 0 Å². The van der Waals surface area contributed by atoms with Gasteiger partial charge in [-0.2, -0.15) is 0 Å². The van der Waals surface area contributed by atoms with Gasteiger partial charge in [0, 0.05) is 24.5 Å². The minimum atomic E-state index is -0.736. The molecule has 1 atom stereocenters. The lowest BCUT2D eigenvalue weighted by Crippen LogP contribution is -2.24. The Labute approximate surface area is 151 Å². The van der Waals surface area contributed by atoms with Gasteiger partial charge in [0.2, 0.25) is 5.91 Å². The largest absolute Gasteiger partial charge is 0.475 e. The molecule has 9 nitrogen and oxygen atoms in total. The highest BCUT2D eigenvalue weighted by Gasteiger charge is 2.25. The first-order valence-electron chi connectivity index (χ1n) is 8.34. The second-order valence-corrected chi connectivity index (χ2v) is 5.65. The van der Waals surface area contributed by atoms with Crippen LogP contribution in [0, 0.1) is 10.1 Å². The molecule has 0 radical (unpaired) electrons. The van der Waals surface area contributed by atoms with Crippen molar-refractivity contribution < 1.29 is 14.5 Å². The summed E-state index contributed by atoms with van der Waals surface area (Å²) in [5.74, 6) is -0.459. The van der Waals surface area contributed by atoms with E-state index in [1.807, 2.05) is 24.3 Å². The third kappa shape index (κ3) is 4.11. The lowest BCUT2D eigenvalue weighted by molar-refractivity contribution is -0.385. The third-order valence-corrected chi connectivity index (χ3v) is 4.11. The average Bonchev–Trinajstić information content (AvgIpc) is 3.08. The van der Waals surface area contributed by atoms with Crippen LogP contribution in [0.4, 0.5) is 17.1 Å². The summed E-state index contributed by atoms with van der Waals surface area (Å²) in [5.41, 5.74) is 1.44. The van der Waals surface area contributed by atoms with Crippen molar-refractivity contribution in [2.24, 2.45) is 0 Å². The Kier molecular flexibility index (Phi) is 6.16. The highest BCUT2D eigenvalue weighted by Crippen LogP contribution is 2.26. The molecule has 1 N–H and O–H groups in total. The predicted molar refractivity (Wildman–Crippen MR) is 98.8 cm³/mol. The van der Waals surface area contributed by atoms with Crippen molar-refractivity contribution in [1.82, 2.24) is 9.78 Å². The predicted octanol–water partition coefficient (Wildman–Crippen LogP) is 2.85. The highest BCUT2D eigenvalue weighted by molar-refractivity contribution is 5.93. The average molecular weight is 361 g/mol. The summed E-state index contributed by atoms with van der Waals surface area (Å²) in [6, 6.07) is 6.79. The van der Waals surface area contributed by atoms with Gasteiger partial charge < -0.3 is 15.0 Å². The van der Waals surface area contributed by atoms with Gasteiger partial charge in [0.15, 0.2) is 0 Å². The minimum absolute atomic E-state index is 0.127. The van der Waals surface area contributed by atoms with Gasteiger partial charge in [-0.05, 0) is 45.0 Å². The van der Waals surface area contributed by atoms with Crippen LogP contribution in [0.25, 0.3) is 0 Å². The molecule has 2 rings (SSSR count). The number of ether oxygens (including phenoxy) is 1. The molecule has 0 aliphatic rings. The first-order valence-corrected chi connectivity index (χ1v) is 8.34. The number of nitrogens with zero attached hydrogens (tertiary/aromatic N) is 4. The van der Waals surface area contributed by atoms with Crippen LogP contribution in [0.15, 0.2) is 30.5 Å². The van der Waals surface area contributed by atoms with Crippen LogP contribution in [0.1, 0.15) is 26.8 Å². The summed E-state index contributed by atoms with van der Waals surface area (Å²) < 4.78 is 6.10. The van der Waals surface area contributed by atoms with E-state index in [2.05, 4.69) is 29.2 Å². The van der Waals surface area contributed by atoms with Crippen LogP contribution in [-0.2, 0) is 4.79 Å². The number of anilines is 2. The lowest BCUT2D eigenvalue weighted by atomic mass is 10.2. The van der Waals surface area contributed by atoms with Crippen LogP contribution in [0.2, 0.25) is 0 Å². The first kappa shape index (κ1) is 19.2.